The average Bonchev–Trinajstić information content (AvgIpc) is 2.53. The van der Waals surface area contributed by atoms with Crippen LogP contribution < -0.4 is 29.6 Å². The number of methoxy groups -OCH3 is 4. The molecule has 2 unspecified atom stereocenters. The molecule has 0 amide bonds. The Bertz CT molecular complexity index is 686. The largest absolute Gasteiger partial charge is 0.497 e. The third-order valence-corrected chi connectivity index (χ3v) is 4.29. The molecule has 2 aromatic carbocycles. The summed E-state index contributed by atoms with van der Waals surface area (Å²) in [6.07, 6.45) is 0. The number of rotatable bonds is 5. The zero-order valence-electron chi connectivity index (χ0n) is 13.1. The summed E-state index contributed by atoms with van der Waals surface area (Å²) in [6, 6.07) is 7.66. The van der Waals surface area contributed by atoms with Gasteiger partial charge < -0.3 is 18.9 Å². The first-order chi connectivity index (χ1) is 10.5. The summed E-state index contributed by atoms with van der Waals surface area (Å²) >= 11 is 0. The van der Waals surface area contributed by atoms with Gasteiger partial charge in [-0.15, -0.1) is 18.5 Å². The highest BCUT2D eigenvalue weighted by atomic mass is 31.0. The van der Waals surface area contributed by atoms with Crippen molar-refractivity contribution < 1.29 is 18.9 Å². The van der Waals surface area contributed by atoms with Gasteiger partial charge in [-0.2, -0.15) is 0 Å². The topological polar surface area (TPSA) is 36.9 Å². The van der Waals surface area contributed by atoms with Crippen molar-refractivity contribution in [2.75, 3.05) is 28.4 Å². The van der Waals surface area contributed by atoms with Crippen LogP contribution in [0.25, 0.3) is 11.1 Å². The maximum Gasteiger partial charge on any atom is 0.131 e. The normalized spacial score (nSPS) is 10.3. The Balaban J connectivity index is 2.73. The summed E-state index contributed by atoms with van der Waals surface area (Å²) in [5.74, 6) is 2.93. The van der Waals surface area contributed by atoms with E-state index in [9.17, 15) is 0 Å². The number of benzene rings is 2. The highest BCUT2D eigenvalue weighted by molar-refractivity contribution is 7.28. The molecule has 6 heteroatoms. The lowest BCUT2D eigenvalue weighted by molar-refractivity contribution is 0.392. The van der Waals surface area contributed by atoms with Crippen molar-refractivity contribution in [1.82, 2.24) is 0 Å². The Morgan fingerprint density at radius 2 is 1.27 bits per heavy atom. The van der Waals surface area contributed by atoms with E-state index in [-0.39, 0.29) is 0 Å². The van der Waals surface area contributed by atoms with E-state index in [4.69, 9.17) is 18.9 Å². The van der Waals surface area contributed by atoms with Gasteiger partial charge in [0, 0.05) is 28.6 Å². The van der Waals surface area contributed by atoms with E-state index in [1.54, 1.807) is 28.4 Å². The van der Waals surface area contributed by atoms with Gasteiger partial charge in [-0.1, -0.05) is 0 Å². The van der Waals surface area contributed by atoms with Crippen LogP contribution in [0.15, 0.2) is 24.3 Å². The number of hydrogen-bond acceptors (Lipinski definition) is 4. The SMILES string of the molecule is COc1cc(P)c(-c2cc(P)c(OC)cc2OC)c(OC)c1. The summed E-state index contributed by atoms with van der Waals surface area (Å²) in [5.41, 5.74) is 1.87. The fourth-order valence-corrected chi connectivity index (χ4v) is 3.13. The molecule has 0 bridgehead atoms. The molecule has 0 N–H and O–H groups in total. The third-order valence-electron chi connectivity index (χ3n) is 3.38. The predicted molar refractivity (Wildman–Crippen MR) is 96.8 cm³/mol. The summed E-state index contributed by atoms with van der Waals surface area (Å²) in [7, 11) is 11.9. The van der Waals surface area contributed by atoms with Gasteiger partial charge in [-0.25, -0.2) is 0 Å². The Hall–Kier alpha value is -1.50. The second-order valence-electron chi connectivity index (χ2n) is 4.59. The van der Waals surface area contributed by atoms with Gasteiger partial charge in [-0.3, -0.25) is 0 Å². The van der Waals surface area contributed by atoms with E-state index < -0.39 is 0 Å². The van der Waals surface area contributed by atoms with Crippen LogP contribution in [0.5, 0.6) is 23.0 Å². The minimum Gasteiger partial charge on any atom is -0.497 e. The van der Waals surface area contributed by atoms with Crippen LogP contribution in [0.3, 0.4) is 0 Å². The minimum absolute atomic E-state index is 0.718. The van der Waals surface area contributed by atoms with Crippen LogP contribution in [-0.2, 0) is 0 Å². The van der Waals surface area contributed by atoms with Gasteiger partial charge in [0.15, 0.2) is 0 Å². The van der Waals surface area contributed by atoms with Gasteiger partial charge >= 0.3 is 0 Å². The zero-order chi connectivity index (χ0) is 16.3. The number of ether oxygens (including phenoxy) is 4. The van der Waals surface area contributed by atoms with Crippen LogP contribution in [-0.4, -0.2) is 28.4 Å². The molecule has 0 saturated heterocycles. The fraction of sp³-hybridized carbons (Fsp3) is 0.250. The molecule has 0 aliphatic rings. The van der Waals surface area contributed by atoms with Crippen molar-refractivity contribution in [3.05, 3.63) is 24.3 Å². The quantitative estimate of drug-likeness (QED) is 0.785. The third kappa shape index (κ3) is 3.14. The van der Waals surface area contributed by atoms with Gasteiger partial charge in [0.05, 0.1) is 28.4 Å². The molecular weight excluding hydrogens is 318 g/mol. The van der Waals surface area contributed by atoms with Crippen molar-refractivity contribution in [3.8, 4) is 34.1 Å². The minimum atomic E-state index is 0.718. The lowest BCUT2D eigenvalue weighted by atomic mass is 10.0. The molecule has 0 heterocycles. The Labute approximate surface area is 135 Å². The van der Waals surface area contributed by atoms with Crippen LogP contribution >= 0.6 is 18.5 Å². The summed E-state index contributed by atoms with van der Waals surface area (Å²) < 4.78 is 21.7. The van der Waals surface area contributed by atoms with Gasteiger partial charge in [-0.05, 0) is 17.4 Å². The molecule has 2 atom stereocenters. The first-order valence-electron chi connectivity index (χ1n) is 6.59. The zero-order valence-corrected chi connectivity index (χ0v) is 15.4. The van der Waals surface area contributed by atoms with Crippen molar-refractivity contribution in [3.63, 3.8) is 0 Å². The van der Waals surface area contributed by atoms with Crippen molar-refractivity contribution in [1.29, 1.82) is 0 Å². The Kier molecular flexibility index (Phi) is 5.50. The highest BCUT2D eigenvalue weighted by Gasteiger charge is 2.18. The van der Waals surface area contributed by atoms with Gasteiger partial charge in [0.1, 0.15) is 23.0 Å². The molecule has 22 heavy (non-hydrogen) atoms. The maximum atomic E-state index is 5.53. The first kappa shape index (κ1) is 16.9. The fourth-order valence-electron chi connectivity index (χ4n) is 2.30. The lowest BCUT2D eigenvalue weighted by Gasteiger charge is -2.18. The summed E-state index contributed by atoms with van der Waals surface area (Å²) in [5, 5.41) is 1.91. The van der Waals surface area contributed by atoms with Crippen LogP contribution in [0.4, 0.5) is 0 Å². The van der Waals surface area contributed by atoms with E-state index in [0.29, 0.717) is 0 Å². The molecule has 0 fully saturated rings. The van der Waals surface area contributed by atoms with E-state index in [0.717, 1.165) is 44.7 Å². The molecule has 0 saturated carbocycles. The molecule has 4 nitrogen and oxygen atoms in total. The molecule has 118 valence electrons. The van der Waals surface area contributed by atoms with Crippen LogP contribution in [0, 0.1) is 0 Å². The van der Waals surface area contributed by atoms with Crippen molar-refractivity contribution >= 4 is 29.1 Å². The van der Waals surface area contributed by atoms with Gasteiger partial charge in [0.25, 0.3) is 0 Å². The van der Waals surface area contributed by atoms with Crippen molar-refractivity contribution in [2.24, 2.45) is 0 Å². The van der Waals surface area contributed by atoms with E-state index in [1.165, 1.54) is 0 Å². The summed E-state index contributed by atoms with van der Waals surface area (Å²) in [6.45, 7) is 0. The standard InChI is InChI=1S/C16H20O4P2/c1-17-9-5-13(20-4)16(15(22)6-9)10-7-14(21)12(19-3)8-11(10)18-2/h5-8H,21-22H2,1-4H3. The second kappa shape index (κ2) is 7.17. The summed E-state index contributed by atoms with van der Waals surface area (Å²) in [4.78, 5) is 0. The maximum absolute atomic E-state index is 5.53. The van der Waals surface area contributed by atoms with Crippen molar-refractivity contribution in [2.45, 2.75) is 0 Å². The smallest absolute Gasteiger partial charge is 0.131 e. The van der Waals surface area contributed by atoms with Crippen LogP contribution in [0.2, 0.25) is 0 Å². The molecular formula is C16H20O4P2. The monoisotopic (exact) mass is 338 g/mol. The second-order valence-corrected chi connectivity index (χ2v) is 5.83. The average molecular weight is 338 g/mol. The lowest BCUT2D eigenvalue weighted by Crippen LogP contribution is -2.07. The molecule has 0 aliphatic carbocycles. The van der Waals surface area contributed by atoms with E-state index >= 15 is 0 Å². The van der Waals surface area contributed by atoms with E-state index in [1.807, 2.05) is 24.3 Å². The Morgan fingerprint density at radius 1 is 0.636 bits per heavy atom. The first-order valence-corrected chi connectivity index (χ1v) is 7.74. The predicted octanol–water partition coefficient (Wildman–Crippen LogP) is 2.39. The molecule has 0 aliphatic heterocycles. The molecule has 2 rings (SSSR count). The number of hydrogen-bond donors (Lipinski definition) is 0. The highest BCUT2D eigenvalue weighted by Crippen LogP contribution is 2.39. The van der Waals surface area contributed by atoms with Crippen LogP contribution in [0.1, 0.15) is 0 Å². The van der Waals surface area contributed by atoms with E-state index in [2.05, 4.69) is 18.5 Å². The molecule has 0 radical (unpaired) electrons. The van der Waals surface area contributed by atoms with Gasteiger partial charge in [0.2, 0.25) is 0 Å². The molecule has 0 aromatic heterocycles. The Morgan fingerprint density at radius 3 is 1.82 bits per heavy atom. The molecule has 2 aromatic rings. The molecule has 0 spiro atoms.